The molecule has 9 nitrogen and oxygen atoms in total. The second-order valence-electron chi connectivity index (χ2n) is 7.86. The summed E-state index contributed by atoms with van der Waals surface area (Å²) in [6.45, 7) is 3.20. The van der Waals surface area contributed by atoms with Crippen molar-refractivity contribution in [2.75, 3.05) is 30.4 Å². The number of sulfonamides is 1. The predicted molar refractivity (Wildman–Crippen MR) is 134 cm³/mol. The first-order valence-electron chi connectivity index (χ1n) is 10.6. The lowest BCUT2D eigenvalue weighted by atomic mass is 10.1. The van der Waals surface area contributed by atoms with Crippen LogP contribution in [0.25, 0.3) is 0 Å². The quantitative estimate of drug-likeness (QED) is 0.467. The number of methoxy groups -OCH3 is 2. The van der Waals surface area contributed by atoms with Gasteiger partial charge in [0.2, 0.25) is 11.8 Å². The number of amides is 2. The SMILES string of the molecule is COc1ccc(S(=O)(=O)N(CC(=O)Nc2ccc(C(N)=O)cc2)c2cc(C)cc(C)c2)cc1OC. The van der Waals surface area contributed by atoms with Gasteiger partial charge in [-0.2, -0.15) is 0 Å². The molecule has 0 radical (unpaired) electrons. The van der Waals surface area contributed by atoms with Crippen molar-refractivity contribution in [3.05, 3.63) is 77.4 Å². The van der Waals surface area contributed by atoms with Crippen molar-refractivity contribution in [2.24, 2.45) is 5.73 Å². The van der Waals surface area contributed by atoms with Gasteiger partial charge < -0.3 is 20.5 Å². The Labute approximate surface area is 204 Å². The first kappa shape index (κ1) is 25.6. The summed E-state index contributed by atoms with van der Waals surface area (Å²) < 4.78 is 39.0. The van der Waals surface area contributed by atoms with Crippen molar-refractivity contribution in [3.63, 3.8) is 0 Å². The van der Waals surface area contributed by atoms with Gasteiger partial charge in [0.15, 0.2) is 11.5 Å². The molecular formula is C25H27N3O6S. The van der Waals surface area contributed by atoms with Crippen molar-refractivity contribution < 1.29 is 27.5 Å². The first-order chi connectivity index (χ1) is 16.5. The number of ether oxygens (including phenoxy) is 2. The molecule has 0 spiro atoms. The number of hydrogen-bond acceptors (Lipinski definition) is 6. The molecule has 35 heavy (non-hydrogen) atoms. The lowest BCUT2D eigenvalue weighted by Crippen LogP contribution is -2.38. The molecule has 0 aliphatic heterocycles. The normalized spacial score (nSPS) is 11.0. The number of benzene rings is 3. The second-order valence-corrected chi connectivity index (χ2v) is 9.73. The van der Waals surface area contributed by atoms with Crippen LogP contribution in [-0.4, -0.2) is 41.0 Å². The highest BCUT2D eigenvalue weighted by molar-refractivity contribution is 7.92. The predicted octanol–water partition coefficient (Wildman–Crippen LogP) is 3.25. The van der Waals surface area contributed by atoms with E-state index in [2.05, 4.69) is 5.32 Å². The summed E-state index contributed by atoms with van der Waals surface area (Å²) in [4.78, 5) is 24.1. The Morgan fingerprint density at radius 1 is 0.886 bits per heavy atom. The van der Waals surface area contributed by atoms with Gasteiger partial charge >= 0.3 is 0 Å². The van der Waals surface area contributed by atoms with E-state index in [4.69, 9.17) is 15.2 Å². The van der Waals surface area contributed by atoms with Crippen LogP contribution in [0.4, 0.5) is 11.4 Å². The van der Waals surface area contributed by atoms with Crippen LogP contribution in [0, 0.1) is 13.8 Å². The van der Waals surface area contributed by atoms with Gasteiger partial charge in [-0.15, -0.1) is 0 Å². The lowest BCUT2D eigenvalue weighted by Gasteiger charge is -2.25. The van der Waals surface area contributed by atoms with E-state index >= 15 is 0 Å². The molecule has 2 amide bonds. The average molecular weight is 498 g/mol. The topological polar surface area (TPSA) is 128 Å². The van der Waals surface area contributed by atoms with Crippen LogP contribution in [0.1, 0.15) is 21.5 Å². The maximum absolute atomic E-state index is 13.7. The van der Waals surface area contributed by atoms with Gasteiger partial charge in [0, 0.05) is 17.3 Å². The van der Waals surface area contributed by atoms with Crippen LogP contribution in [0.2, 0.25) is 0 Å². The Kier molecular flexibility index (Phi) is 7.65. The van der Waals surface area contributed by atoms with Gasteiger partial charge in [0.1, 0.15) is 6.54 Å². The maximum atomic E-state index is 13.7. The molecular weight excluding hydrogens is 470 g/mol. The lowest BCUT2D eigenvalue weighted by molar-refractivity contribution is -0.114. The molecule has 0 saturated carbocycles. The second kappa shape index (κ2) is 10.5. The highest BCUT2D eigenvalue weighted by atomic mass is 32.2. The molecule has 3 aromatic carbocycles. The number of primary amides is 1. The van der Waals surface area contributed by atoms with E-state index in [9.17, 15) is 18.0 Å². The van der Waals surface area contributed by atoms with E-state index in [0.717, 1.165) is 15.4 Å². The molecule has 0 aliphatic carbocycles. The first-order valence-corrected chi connectivity index (χ1v) is 12.0. The number of aryl methyl sites for hydroxylation is 2. The molecule has 3 aromatic rings. The fourth-order valence-corrected chi connectivity index (χ4v) is 4.98. The van der Waals surface area contributed by atoms with Crippen LogP contribution in [0.5, 0.6) is 11.5 Å². The number of rotatable bonds is 9. The molecule has 3 rings (SSSR count). The molecule has 10 heteroatoms. The Morgan fingerprint density at radius 3 is 2.03 bits per heavy atom. The highest BCUT2D eigenvalue weighted by Gasteiger charge is 2.29. The third-order valence-corrected chi connectivity index (χ3v) is 6.95. The Morgan fingerprint density at radius 2 is 1.49 bits per heavy atom. The van der Waals surface area contributed by atoms with Crippen molar-refractivity contribution in [3.8, 4) is 11.5 Å². The van der Waals surface area contributed by atoms with Gasteiger partial charge in [0.25, 0.3) is 10.0 Å². The molecule has 0 atom stereocenters. The van der Waals surface area contributed by atoms with E-state index in [1.54, 1.807) is 12.1 Å². The fraction of sp³-hybridized carbons (Fsp3) is 0.200. The van der Waals surface area contributed by atoms with Gasteiger partial charge in [-0.25, -0.2) is 8.42 Å². The number of nitrogens with two attached hydrogens (primary N) is 1. The summed E-state index contributed by atoms with van der Waals surface area (Å²) in [5, 5.41) is 2.66. The average Bonchev–Trinajstić information content (AvgIpc) is 2.81. The summed E-state index contributed by atoms with van der Waals surface area (Å²) in [7, 11) is -1.31. The van der Waals surface area contributed by atoms with Gasteiger partial charge in [-0.3, -0.25) is 13.9 Å². The standard InChI is InChI=1S/C25H27N3O6S/c1-16-11-17(2)13-20(12-16)28(15-24(29)27-19-7-5-18(6-8-19)25(26)30)35(31,32)21-9-10-22(33-3)23(14-21)34-4/h5-14H,15H2,1-4H3,(H2,26,30)(H,27,29). The number of anilines is 2. The molecule has 3 N–H and O–H groups in total. The van der Waals surface area contributed by atoms with E-state index < -0.39 is 28.4 Å². The smallest absolute Gasteiger partial charge is 0.264 e. The van der Waals surface area contributed by atoms with Crippen LogP contribution in [0.15, 0.2) is 65.6 Å². The number of carbonyl (C=O) groups excluding carboxylic acids is 2. The summed E-state index contributed by atoms with van der Waals surface area (Å²) in [5.74, 6) is -0.542. The third-order valence-electron chi connectivity index (χ3n) is 5.18. The molecule has 184 valence electrons. The minimum absolute atomic E-state index is 0.0621. The molecule has 0 fully saturated rings. The van der Waals surface area contributed by atoms with Gasteiger partial charge in [-0.1, -0.05) is 6.07 Å². The van der Waals surface area contributed by atoms with Crippen LogP contribution in [0.3, 0.4) is 0 Å². The van der Waals surface area contributed by atoms with Crippen molar-refractivity contribution in [2.45, 2.75) is 18.7 Å². The number of hydrogen-bond donors (Lipinski definition) is 2. The van der Waals surface area contributed by atoms with E-state index in [0.29, 0.717) is 17.1 Å². The fourth-order valence-electron chi connectivity index (χ4n) is 3.56. The molecule has 0 saturated heterocycles. The van der Waals surface area contributed by atoms with Crippen molar-refractivity contribution in [1.82, 2.24) is 0 Å². The number of nitrogens with zero attached hydrogens (tertiary/aromatic N) is 1. The van der Waals surface area contributed by atoms with Gasteiger partial charge in [0.05, 0.1) is 24.8 Å². The maximum Gasteiger partial charge on any atom is 0.264 e. The minimum atomic E-state index is -4.17. The molecule has 0 bridgehead atoms. The van der Waals surface area contributed by atoms with Gasteiger partial charge in [-0.05, 0) is 73.5 Å². The van der Waals surface area contributed by atoms with E-state index in [1.807, 2.05) is 19.9 Å². The molecule has 0 unspecified atom stereocenters. The van der Waals surface area contributed by atoms with Crippen molar-refractivity contribution >= 4 is 33.2 Å². The van der Waals surface area contributed by atoms with Crippen molar-refractivity contribution in [1.29, 1.82) is 0 Å². The monoisotopic (exact) mass is 497 g/mol. The van der Waals surface area contributed by atoms with Crippen LogP contribution >= 0.6 is 0 Å². The third kappa shape index (κ3) is 5.90. The zero-order valence-electron chi connectivity index (χ0n) is 19.9. The zero-order valence-corrected chi connectivity index (χ0v) is 20.7. The summed E-state index contributed by atoms with van der Waals surface area (Å²) in [6, 6.07) is 15.5. The zero-order chi connectivity index (χ0) is 25.8. The molecule has 0 heterocycles. The summed E-state index contributed by atoms with van der Waals surface area (Å²) >= 11 is 0. The Balaban J connectivity index is 1.99. The summed E-state index contributed by atoms with van der Waals surface area (Å²) in [5.41, 5.74) is 7.95. The van der Waals surface area contributed by atoms with E-state index in [-0.39, 0.29) is 16.2 Å². The number of carbonyl (C=O) groups is 2. The highest BCUT2D eigenvalue weighted by Crippen LogP contribution is 2.32. The van der Waals surface area contributed by atoms with Crippen LogP contribution < -0.4 is 24.8 Å². The Bertz CT molecular complexity index is 1330. The molecule has 0 aromatic heterocycles. The van der Waals surface area contributed by atoms with Crippen LogP contribution in [-0.2, 0) is 14.8 Å². The largest absolute Gasteiger partial charge is 0.493 e. The molecule has 0 aliphatic rings. The van der Waals surface area contributed by atoms with E-state index in [1.165, 1.54) is 56.7 Å². The number of nitrogens with one attached hydrogen (secondary N) is 1. The summed E-state index contributed by atoms with van der Waals surface area (Å²) in [6.07, 6.45) is 0. The Hall–Kier alpha value is -4.05. The minimum Gasteiger partial charge on any atom is -0.493 e.